The van der Waals surface area contributed by atoms with E-state index in [0.717, 1.165) is 25.0 Å². The minimum absolute atomic E-state index is 0.0187. The zero-order valence-electron chi connectivity index (χ0n) is 11.8. The van der Waals surface area contributed by atoms with Crippen LogP contribution < -0.4 is 5.32 Å². The number of rotatable bonds is 3. The number of allylic oxidation sites excluding steroid dienone is 4. The first kappa shape index (κ1) is 14.0. The van der Waals surface area contributed by atoms with Crippen molar-refractivity contribution >= 4 is 11.6 Å². The second-order valence-corrected chi connectivity index (χ2v) is 6.06. The third kappa shape index (κ3) is 2.75. The van der Waals surface area contributed by atoms with Gasteiger partial charge in [-0.05, 0) is 36.3 Å². The summed E-state index contributed by atoms with van der Waals surface area (Å²) in [6.45, 7) is 2.16. The van der Waals surface area contributed by atoms with Gasteiger partial charge in [0.1, 0.15) is 0 Å². The predicted molar refractivity (Wildman–Crippen MR) is 77.6 cm³/mol. The Labute approximate surface area is 122 Å². The van der Waals surface area contributed by atoms with Crippen LogP contribution in [0.1, 0.15) is 19.8 Å². The topological polar surface area (TPSA) is 29.1 Å². The first-order chi connectivity index (χ1) is 9.99. The van der Waals surface area contributed by atoms with Gasteiger partial charge in [-0.25, -0.2) is 8.78 Å². The molecule has 1 unspecified atom stereocenters. The molecule has 0 radical (unpaired) electrons. The summed E-state index contributed by atoms with van der Waals surface area (Å²) in [5.74, 6) is -1.73. The Morgan fingerprint density at radius 1 is 1.29 bits per heavy atom. The number of nitrogens with one attached hydrogen (secondary N) is 1. The number of hydrogen-bond donors (Lipinski definition) is 1. The molecule has 4 heteroatoms. The van der Waals surface area contributed by atoms with Crippen molar-refractivity contribution < 1.29 is 13.6 Å². The van der Waals surface area contributed by atoms with Crippen LogP contribution >= 0.6 is 0 Å². The molecular formula is C17H17F2NO. The highest BCUT2D eigenvalue weighted by atomic mass is 19.2. The fraction of sp³-hybridized carbons (Fsp3) is 0.353. The summed E-state index contributed by atoms with van der Waals surface area (Å²) in [4.78, 5) is 12.2. The number of benzene rings is 1. The maximum absolute atomic E-state index is 13.1. The number of anilines is 1. The highest BCUT2D eigenvalue weighted by molar-refractivity contribution is 5.94. The Morgan fingerprint density at radius 2 is 2.10 bits per heavy atom. The number of hydrogen-bond acceptors (Lipinski definition) is 1. The summed E-state index contributed by atoms with van der Waals surface area (Å²) in [7, 11) is 0. The number of amides is 1. The van der Waals surface area contributed by atoms with Crippen molar-refractivity contribution in [1.82, 2.24) is 0 Å². The van der Waals surface area contributed by atoms with E-state index in [9.17, 15) is 13.6 Å². The van der Waals surface area contributed by atoms with Crippen molar-refractivity contribution in [1.29, 1.82) is 0 Å². The molecule has 1 aromatic carbocycles. The molecule has 1 amide bonds. The largest absolute Gasteiger partial charge is 0.326 e. The quantitative estimate of drug-likeness (QED) is 0.893. The molecule has 0 aliphatic heterocycles. The predicted octanol–water partition coefficient (Wildman–Crippen LogP) is 4.06. The van der Waals surface area contributed by atoms with Crippen molar-refractivity contribution in [3.63, 3.8) is 0 Å². The Balaban J connectivity index is 1.64. The monoisotopic (exact) mass is 289 g/mol. The Hall–Kier alpha value is -1.97. The van der Waals surface area contributed by atoms with Crippen molar-refractivity contribution in [2.75, 3.05) is 5.32 Å². The fourth-order valence-corrected chi connectivity index (χ4v) is 3.04. The van der Waals surface area contributed by atoms with Crippen LogP contribution in [0.25, 0.3) is 0 Å². The van der Waals surface area contributed by atoms with Gasteiger partial charge in [-0.15, -0.1) is 0 Å². The van der Waals surface area contributed by atoms with E-state index in [2.05, 4.69) is 24.4 Å². The van der Waals surface area contributed by atoms with E-state index in [1.54, 1.807) is 0 Å². The molecule has 1 N–H and O–H groups in total. The highest BCUT2D eigenvalue weighted by Crippen LogP contribution is 2.54. The van der Waals surface area contributed by atoms with Gasteiger partial charge in [-0.3, -0.25) is 4.79 Å². The molecule has 110 valence electrons. The summed E-state index contributed by atoms with van der Waals surface area (Å²) in [5.41, 5.74) is 0.318. The van der Waals surface area contributed by atoms with E-state index in [4.69, 9.17) is 0 Å². The van der Waals surface area contributed by atoms with Crippen LogP contribution in [0, 0.1) is 28.9 Å². The lowest BCUT2D eigenvalue weighted by atomic mass is 9.78. The van der Waals surface area contributed by atoms with E-state index in [1.807, 2.05) is 12.2 Å². The molecule has 1 saturated carbocycles. The standard InChI is InChI=1S/C17H17F2NO/c1-17(7-3-2-4-8-17)13-10-12(13)16(21)20-11-5-6-14(18)15(19)9-11/h2-7,9,12-13H,8,10H2,1H3,(H,20,21)/t12-,13-,17?/m0/s1. The molecule has 1 fully saturated rings. The second-order valence-electron chi connectivity index (χ2n) is 6.06. The van der Waals surface area contributed by atoms with Gasteiger partial charge in [0.25, 0.3) is 0 Å². The van der Waals surface area contributed by atoms with Gasteiger partial charge in [-0.2, -0.15) is 0 Å². The first-order valence-corrected chi connectivity index (χ1v) is 7.10. The second kappa shape index (κ2) is 5.10. The van der Waals surface area contributed by atoms with Crippen LogP contribution in [0.4, 0.5) is 14.5 Å². The number of carbonyl (C=O) groups is 1. The van der Waals surface area contributed by atoms with Crippen LogP contribution in [-0.2, 0) is 4.79 Å². The van der Waals surface area contributed by atoms with Gasteiger partial charge in [0.15, 0.2) is 11.6 Å². The summed E-state index contributed by atoms with van der Waals surface area (Å²) >= 11 is 0. The van der Waals surface area contributed by atoms with Crippen molar-refractivity contribution in [2.24, 2.45) is 17.3 Å². The van der Waals surface area contributed by atoms with E-state index >= 15 is 0 Å². The molecule has 0 saturated heterocycles. The summed E-state index contributed by atoms with van der Waals surface area (Å²) in [6, 6.07) is 3.40. The van der Waals surface area contributed by atoms with Crippen LogP contribution in [0.5, 0.6) is 0 Å². The van der Waals surface area contributed by atoms with Gasteiger partial charge in [0.2, 0.25) is 5.91 Å². The minimum atomic E-state index is -0.951. The summed E-state index contributed by atoms with van der Waals surface area (Å²) in [6.07, 6.45) is 10.1. The lowest BCUT2D eigenvalue weighted by molar-refractivity contribution is -0.117. The lowest BCUT2D eigenvalue weighted by Gasteiger charge is -2.26. The molecule has 1 aromatic rings. The summed E-state index contributed by atoms with van der Waals surface area (Å²) in [5, 5.41) is 2.67. The lowest BCUT2D eigenvalue weighted by Crippen LogP contribution is -2.22. The molecule has 2 nitrogen and oxygen atoms in total. The molecule has 0 heterocycles. The highest BCUT2D eigenvalue weighted by Gasteiger charge is 2.52. The average molecular weight is 289 g/mol. The van der Waals surface area contributed by atoms with Crippen molar-refractivity contribution in [3.05, 3.63) is 54.1 Å². The zero-order valence-corrected chi connectivity index (χ0v) is 11.8. The third-order valence-electron chi connectivity index (χ3n) is 4.44. The molecule has 2 aliphatic rings. The van der Waals surface area contributed by atoms with Crippen LogP contribution in [-0.4, -0.2) is 5.91 Å². The molecule has 21 heavy (non-hydrogen) atoms. The van der Waals surface area contributed by atoms with E-state index < -0.39 is 11.6 Å². The third-order valence-corrected chi connectivity index (χ3v) is 4.44. The number of carbonyl (C=O) groups excluding carboxylic acids is 1. The Kier molecular flexibility index (Phi) is 3.40. The maximum atomic E-state index is 13.1. The van der Waals surface area contributed by atoms with Crippen molar-refractivity contribution in [2.45, 2.75) is 19.8 Å². The molecule has 0 aromatic heterocycles. The number of halogens is 2. The molecule has 3 atom stereocenters. The molecular weight excluding hydrogens is 272 g/mol. The van der Waals surface area contributed by atoms with E-state index in [1.165, 1.54) is 6.07 Å². The minimum Gasteiger partial charge on any atom is -0.326 e. The summed E-state index contributed by atoms with van der Waals surface area (Å²) < 4.78 is 26.0. The smallest absolute Gasteiger partial charge is 0.227 e. The molecule has 2 aliphatic carbocycles. The van der Waals surface area contributed by atoms with Gasteiger partial charge < -0.3 is 5.32 Å². The normalized spacial score (nSPS) is 30.2. The zero-order chi connectivity index (χ0) is 15.0. The van der Waals surface area contributed by atoms with Crippen molar-refractivity contribution in [3.8, 4) is 0 Å². The fourth-order valence-electron chi connectivity index (χ4n) is 3.04. The Bertz CT molecular complexity index is 638. The van der Waals surface area contributed by atoms with Gasteiger partial charge >= 0.3 is 0 Å². The van der Waals surface area contributed by atoms with Crippen LogP contribution in [0.3, 0.4) is 0 Å². The molecule has 3 rings (SSSR count). The van der Waals surface area contributed by atoms with Gasteiger partial charge in [0, 0.05) is 17.7 Å². The van der Waals surface area contributed by atoms with Crippen LogP contribution in [0.2, 0.25) is 0 Å². The van der Waals surface area contributed by atoms with Gasteiger partial charge in [-0.1, -0.05) is 31.2 Å². The molecule has 0 bridgehead atoms. The SMILES string of the molecule is CC1([C@H]2C[C@@H]2C(=O)Nc2ccc(F)c(F)c2)C=CC=CC1. The Morgan fingerprint density at radius 3 is 2.76 bits per heavy atom. The maximum Gasteiger partial charge on any atom is 0.227 e. The van der Waals surface area contributed by atoms with Gasteiger partial charge in [0.05, 0.1) is 0 Å². The van der Waals surface area contributed by atoms with Crippen LogP contribution in [0.15, 0.2) is 42.5 Å². The molecule has 0 spiro atoms. The van der Waals surface area contributed by atoms with E-state index in [0.29, 0.717) is 11.6 Å². The van der Waals surface area contributed by atoms with E-state index in [-0.39, 0.29) is 17.2 Å². The first-order valence-electron chi connectivity index (χ1n) is 7.10. The average Bonchev–Trinajstić information content (AvgIpc) is 3.25.